The zero-order valence-corrected chi connectivity index (χ0v) is 8.35. The molecule has 0 saturated heterocycles. The molecule has 0 amide bonds. The van der Waals surface area contributed by atoms with Crippen molar-refractivity contribution < 1.29 is 9.53 Å². The Balaban J connectivity index is 2.59. The van der Waals surface area contributed by atoms with E-state index in [1.54, 1.807) is 11.8 Å². The van der Waals surface area contributed by atoms with Gasteiger partial charge in [0, 0.05) is 5.75 Å². The number of rotatable bonds is 2. The van der Waals surface area contributed by atoms with Crippen LogP contribution >= 0.6 is 11.8 Å². The predicted octanol–water partition coefficient (Wildman–Crippen LogP) is 1.33. The molecule has 0 aliphatic carbocycles. The first-order chi connectivity index (χ1) is 5.65. The fourth-order valence-electron chi connectivity index (χ4n) is 0.963. The minimum absolute atomic E-state index is 0.235. The summed E-state index contributed by atoms with van der Waals surface area (Å²) in [6, 6.07) is 0. The lowest BCUT2D eigenvalue weighted by Crippen LogP contribution is -2.15. The van der Waals surface area contributed by atoms with Crippen molar-refractivity contribution in [2.24, 2.45) is 10.9 Å². The Morgan fingerprint density at radius 2 is 2.42 bits per heavy atom. The van der Waals surface area contributed by atoms with Crippen molar-refractivity contribution in [1.82, 2.24) is 0 Å². The summed E-state index contributed by atoms with van der Waals surface area (Å²) in [6.07, 6.45) is 0. The quantitative estimate of drug-likeness (QED) is 0.612. The third-order valence-corrected chi connectivity index (χ3v) is 3.10. The molecular weight excluding hydrogens is 174 g/mol. The van der Waals surface area contributed by atoms with Gasteiger partial charge in [-0.15, -0.1) is 11.8 Å². The Kier molecular flexibility index (Phi) is 3.14. The second-order valence-corrected chi connectivity index (χ2v) is 4.12. The van der Waals surface area contributed by atoms with E-state index in [0.29, 0.717) is 17.4 Å². The summed E-state index contributed by atoms with van der Waals surface area (Å²) in [5.41, 5.74) is 0.571. The Labute approximate surface area is 76.6 Å². The Morgan fingerprint density at radius 1 is 1.75 bits per heavy atom. The van der Waals surface area contributed by atoms with Gasteiger partial charge in [-0.3, -0.25) is 4.99 Å². The molecule has 1 aliphatic rings. The molecule has 3 nitrogen and oxygen atoms in total. The molecule has 0 fully saturated rings. The molecule has 12 heavy (non-hydrogen) atoms. The van der Waals surface area contributed by atoms with Crippen LogP contribution in [-0.2, 0) is 9.53 Å². The monoisotopic (exact) mass is 187 g/mol. The molecule has 0 radical (unpaired) electrons. The summed E-state index contributed by atoms with van der Waals surface area (Å²) in [7, 11) is 1.39. The molecule has 0 aromatic heterocycles. The molecule has 1 atom stereocenters. The zero-order chi connectivity index (χ0) is 9.14. The van der Waals surface area contributed by atoms with Crippen molar-refractivity contribution in [2.75, 3.05) is 12.9 Å². The van der Waals surface area contributed by atoms with E-state index in [4.69, 9.17) is 0 Å². The van der Waals surface area contributed by atoms with Gasteiger partial charge < -0.3 is 4.74 Å². The highest BCUT2D eigenvalue weighted by atomic mass is 32.2. The molecular formula is C8H13NO2S. The van der Waals surface area contributed by atoms with E-state index >= 15 is 0 Å². The van der Waals surface area contributed by atoms with Gasteiger partial charge in [0.2, 0.25) is 0 Å². The fourth-order valence-corrected chi connectivity index (χ4v) is 2.07. The number of hydrogen-bond donors (Lipinski definition) is 0. The highest BCUT2D eigenvalue weighted by Gasteiger charge is 2.25. The van der Waals surface area contributed by atoms with Gasteiger partial charge in [-0.2, -0.15) is 0 Å². The Bertz CT molecular complexity index is 213. The lowest BCUT2D eigenvalue weighted by molar-refractivity contribution is -0.132. The number of hydrogen-bond acceptors (Lipinski definition) is 4. The van der Waals surface area contributed by atoms with Gasteiger partial charge in [0.05, 0.1) is 12.5 Å². The van der Waals surface area contributed by atoms with Gasteiger partial charge in [-0.25, -0.2) is 4.79 Å². The SMILES string of the molecule is COC(=O)C1=NC(C(C)C)SC1. The van der Waals surface area contributed by atoms with Crippen molar-refractivity contribution in [3.63, 3.8) is 0 Å². The molecule has 0 aromatic rings. The number of carbonyl (C=O) groups excluding carboxylic acids is 1. The van der Waals surface area contributed by atoms with Crippen LogP contribution in [0.4, 0.5) is 0 Å². The Morgan fingerprint density at radius 3 is 2.83 bits per heavy atom. The van der Waals surface area contributed by atoms with Crippen molar-refractivity contribution >= 4 is 23.4 Å². The maximum Gasteiger partial charge on any atom is 0.352 e. The first kappa shape index (κ1) is 9.58. The lowest BCUT2D eigenvalue weighted by atomic mass is 10.2. The van der Waals surface area contributed by atoms with Crippen LogP contribution in [0, 0.1) is 5.92 Å². The second-order valence-electron chi connectivity index (χ2n) is 3.01. The highest BCUT2D eigenvalue weighted by Crippen LogP contribution is 2.26. The molecule has 4 heteroatoms. The number of thioether (sulfide) groups is 1. The number of carbonyl (C=O) groups is 1. The minimum Gasteiger partial charge on any atom is -0.465 e. The molecule has 1 aliphatic heterocycles. The van der Waals surface area contributed by atoms with Crippen LogP contribution in [-0.4, -0.2) is 29.9 Å². The number of methoxy groups -OCH3 is 1. The number of ether oxygens (including phenoxy) is 1. The summed E-state index contributed by atoms with van der Waals surface area (Å²) in [5, 5.41) is 0.235. The third-order valence-electron chi connectivity index (χ3n) is 1.67. The van der Waals surface area contributed by atoms with Crippen LogP contribution in [0.1, 0.15) is 13.8 Å². The maximum absolute atomic E-state index is 11.0. The van der Waals surface area contributed by atoms with Crippen LogP contribution in [0.3, 0.4) is 0 Å². The summed E-state index contributed by atoms with van der Waals surface area (Å²) in [5.74, 6) is 0.887. The molecule has 68 valence electrons. The minimum atomic E-state index is -0.286. The number of aliphatic imine (C=N–C) groups is 1. The molecule has 0 N–H and O–H groups in total. The molecule has 1 rings (SSSR count). The van der Waals surface area contributed by atoms with Crippen molar-refractivity contribution in [3.05, 3.63) is 0 Å². The van der Waals surface area contributed by atoms with Gasteiger partial charge in [-0.05, 0) is 5.92 Å². The van der Waals surface area contributed by atoms with Gasteiger partial charge in [-0.1, -0.05) is 13.8 Å². The largest absolute Gasteiger partial charge is 0.465 e. The van der Waals surface area contributed by atoms with Crippen molar-refractivity contribution in [2.45, 2.75) is 19.2 Å². The van der Waals surface area contributed by atoms with Crippen LogP contribution in [0.15, 0.2) is 4.99 Å². The van der Waals surface area contributed by atoms with Crippen molar-refractivity contribution in [3.8, 4) is 0 Å². The van der Waals surface area contributed by atoms with E-state index in [0.717, 1.165) is 0 Å². The van der Waals surface area contributed by atoms with Crippen LogP contribution in [0.25, 0.3) is 0 Å². The van der Waals surface area contributed by atoms with Gasteiger partial charge in [0.1, 0.15) is 5.71 Å². The smallest absolute Gasteiger partial charge is 0.352 e. The van der Waals surface area contributed by atoms with Crippen LogP contribution < -0.4 is 0 Å². The molecule has 0 aromatic carbocycles. The van der Waals surface area contributed by atoms with E-state index in [9.17, 15) is 4.79 Å². The average molecular weight is 187 g/mol. The molecule has 0 spiro atoms. The third kappa shape index (κ3) is 2.00. The molecule has 1 unspecified atom stereocenters. The Hall–Kier alpha value is -0.510. The normalized spacial score (nSPS) is 22.7. The van der Waals surface area contributed by atoms with E-state index < -0.39 is 0 Å². The topological polar surface area (TPSA) is 38.7 Å². The standard InChI is InChI=1S/C8H13NO2S/c1-5(2)7-9-6(4-12-7)8(10)11-3/h5,7H,4H2,1-3H3. The summed E-state index contributed by atoms with van der Waals surface area (Å²) >= 11 is 1.70. The van der Waals surface area contributed by atoms with E-state index in [1.165, 1.54) is 7.11 Å². The van der Waals surface area contributed by atoms with Gasteiger partial charge in [0.15, 0.2) is 0 Å². The van der Waals surface area contributed by atoms with E-state index in [-0.39, 0.29) is 11.3 Å². The first-order valence-corrected chi connectivity index (χ1v) is 4.96. The number of esters is 1. The average Bonchev–Trinajstić information content (AvgIpc) is 2.51. The van der Waals surface area contributed by atoms with Crippen LogP contribution in [0.5, 0.6) is 0 Å². The highest BCUT2D eigenvalue weighted by molar-refractivity contribution is 8.01. The molecule has 0 bridgehead atoms. The lowest BCUT2D eigenvalue weighted by Gasteiger charge is -2.08. The summed E-state index contributed by atoms with van der Waals surface area (Å²) in [6.45, 7) is 4.20. The van der Waals surface area contributed by atoms with Gasteiger partial charge >= 0.3 is 5.97 Å². The predicted molar refractivity (Wildman–Crippen MR) is 50.5 cm³/mol. The van der Waals surface area contributed by atoms with E-state index in [1.807, 2.05) is 0 Å². The van der Waals surface area contributed by atoms with Crippen LogP contribution in [0.2, 0.25) is 0 Å². The van der Waals surface area contributed by atoms with Crippen molar-refractivity contribution in [1.29, 1.82) is 0 Å². The molecule has 1 heterocycles. The summed E-state index contributed by atoms with van der Waals surface area (Å²) in [4.78, 5) is 15.3. The van der Waals surface area contributed by atoms with E-state index in [2.05, 4.69) is 23.6 Å². The number of nitrogens with zero attached hydrogens (tertiary/aromatic N) is 1. The molecule has 0 saturated carbocycles. The van der Waals surface area contributed by atoms with Gasteiger partial charge in [0.25, 0.3) is 0 Å². The maximum atomic E-state index is 11.0. The second kappa shape index (κ2) is 3.94. The zero-order valence-electron chi connectivity index (χ0n) is 7.53. The summed E-state index contributed by atoms with van der Waals surface area (Å²) < 4.78 is 4.58. The fraction of sp³-hybridized carbons (Fsp3) is 0.750. The first-order valence-electron chi connectivity index (χ1n) is 3.91.